The zero-order chi connectivity index (χ0) is 7.94. The molecule has 0 fully saturated rings. The van der Waals surface area contributed by atoms with Crippen molar-refractivity contribution in [1.29, 1.82) is 0 Å². The first-order chi connectivity index (χ1) is 5.43. The van der Waals surface area contributed by atoms with Crippen LogP contribution in [-0.4, -0.2) is 11.6 Å². The first kappa shape index (κ1) is 7.79. The summed E-state index contributed by atoms with van der Waals surface area (Å²) in [5.41, 5.74) is 1.19. The molecule has 1 aromatic heterocycles. The van der Waals surface area contributed by atoms with Crippen LogP contribution in [0.25, 0.3) is 0 Å². The van der Waals surface area contributed by atoms with E-state index in [1.54, 1.807) is 6.20 Å². The highest BCUT2D eigenvalue weighted by atomic mass is 16.5. The maximum absolute atomic E-state index is 4.97. The van der Waals surface area contributed by atoms with Crippen LogP contribution in [0.3, 0.4) is 0 Å². The van der Waals surface area contributed by atoms with Crippen molar-refractivity contribution in [3.05, 3.63) is 42.9 Å². The Kier molecular flexibility index (Phi) is 3.19. The number of aromatic nitrogens is 1. The number of ether oxygens (including phenoxy) is 1. The molecule has 0 atom stereocenters. The van der Waals surface area contributed by atoms with E-state index in [1.807, 2.05) is 18.3 Å². The molecule has 0 unspecified atom stereocenters. The van der Waals surface area contributed by atoms with Crippen molar-refractivity contribution in [2.75, 3.05) is 6.61 Å². The second-order valence-electron chi connectivity index (χ2n) is 2.15. The molecule has 11 heavy (non-hydrogen) atoms. The SMILES string of the molecule is C=COCCc1cccnc1. The Bertz CT molecular complexity index is 208. The molecule has 0 aliphatic heterocycles. The van der Waals surface area contributed by atoms with Gasteiger partial charge in [0.1, 0.15) is 0 Å². The molecule has 0 spiro atoms. The zero-order valence-electron chi connectivity index (χ0n) is 6.36. The highest BCUT2D eigenvalue weighted by Gasteiger charge is 1.89. The summed E-state index contributed by atoms with van der Waals surface area (Å²) in [7, 11) is 0. The molecule has 58 valence electrons. The second-order valence-corrected chi connectivity index (χ2v) is 2.15. The molecule has 1 aromatic rings. The van der Waals surface area contributed by atoms with Gasteiger partial charge in [0.2, 0.25) is 0 Å². The van der Waals surface area contributed by atoms with Crippen molar-refractivity contribution in [3.8, 4) is 0 Å². The monoisotopic (exact) mass is 149 g/mol. The molecule has 0 radical (unpaired) electrons. The topological polar surface area (TPSA) is 22.1 Å². The number of rotatable bonds is 4. The maximum Gasteiger partial charge on any atom is 0.0913 e. The van der Waals surface area contributed by atoms with Crippen molar-refractivity contribution in [3.63, 3.8) is 0 Å². The quantitative estimate of drug-likeness (QED) is 0.481. The summed E-state index contributed by atoms with van der Waals surface area (Å²) >= 11 is 0. The van der Waals surface area contributed by atoms with Gasteiger partial charge in [-0.3, -0.25) is 4.98 Å². The maximum atomic E-state index is 4.97. The largest absolute Gasteiger partial charge is 0.501 e. The lowest BCUT2D eigenvalue weighted by atomic mass is 10.2. The van der Waals surface area contributed by atoms with Gasteiger partial charge in [0.05, 0.1) is 12.9 Å². The van der Waals surface area contributed by atoms with Gasteiger partial charge in [0, 0.05) is 18.8 Å². The van der Waals surface area contributed by atoms with Gasteiger partial charge in [0.25, 0.3) is 0 Å². The summed E-state index contributed by atoms with van der Waals surface area (Å²) in [6, 6.07) is 3.95. The summed E-state index contributed by atoms with van der Waals surface area (Å²) in [4.78, 5) is 3.98. The minimum Gasteiger partial charge on any atom is -0.501 e. The van der Waals surface area contributed by atoms with E-state index >= 15 is 0 Å². The van der Waals surface area contributed by atoms with E-state index in [2.05, 4.69) is 11.6 Å². The van der Waals surface area contributed by atoms with Crippen molar-refractivity contribution in [2.45, 2.75) is 6.42 Å². The first-order valence-corrected chi connectivity index (χ1v) is 3.55. The number of hydrogen-bond acceptors (Lipinski definition) is 2. The smallest absolute Gasteiger partial charge is 0.0913 e. The van der Waals surface area contributed by atoms with Crippen molar-refractivity contribution in [1.82, 2.24) is 4.98 Å². The molecule has 0 amide bonds. The van der Waals surface area contributed by atoms with Gasteiger partial charge >= 0.3 is 0 Å². The van der Waals surface area contributed by atoms with Crippen LogP contribution in [0.5, 0.6) is 0 Å². The van der Waals surface area contributed by atoms with Gasteiger partial charge in [-0.1, -0.05) is 12.6 Å². The Morgan fingerprint density at radius 2 is 2.55 bits per heavy atom. The van der Waals surface area contributed by atoms with Crippen LogP contribution in [0.4, 0.5) is 0 Å². The van der Waals surface area contributed by atoms with E-state index in [0.717, 1.165) is 6.42 Å². The average molecular weight is 149 g/mol. The molecule has 1 rings (SSSR count). The molecule has 0 aromatic carbocycles. The van der Waals surface area contributed by atoms with Gasteiger partial charge in [0.15, 0.2) is 0 Å². The van der Waals surface area contributed by atoms with Crippen molar-refractivity contribution >= 4 is 0 Å². The van der Waals surface area contributed by atoms with E-state index < -0.39 is 0 Å². The van der Waals surface area contributed by atoms with Crippen molar-refractivity contribution < 1.29 is 4.74 Å². The molecule has 0 N–H and O–H groups in total. The average Bonchev–Trinajstić information content (AvgIpc) is 2.07. The predicted octanol–water partition coefficient (Wildman–Crippen LogP) is 1.78. The third-order valence-corrected chi connectivity index (χ3v) is 1.35. The van der Waals surface area contributed by atoms with Crippen LogP contribution in [0.1, 0.15) is 5.56 Å². The van der Waals surface area contributed by atoms with Crippen molar-refractivity contribution in [2.24, 2.45) is 0 Å². The van der Waals surface area contributed by atoms with E-state index in [0.29, 0.717) is 6.61 Å². The standard InChI is InChI=1S/C9H11NO/c1-2-11-7-5-9-4-3-6-10-8-9/h2-4,6,8H,1,5,7H2. The Morgan fingerprint density at radius 1 is 1.64 bits per heavy atom. The molecule has 0 saturated heterocycles. The lowest BCUT2D eigenvalue weighted by molar-refractivity contribution is 0.255. The van der Waals surface area contributed by atoms with E-state index in [4.69, 9.17) is 4.74 Å². The van der Waals surface area contributed by atoms with E-state index in [9.17, 15) is 0 Å². The van der Waals surface area contributed by atoms with Gasteiger partial charge in [-0.2, -0.15) is 0 Å². The Hall–Kier alpha value is -1.31. The van der Waals surface area contributed by atoms with Crippen LogP contribution < -0.4 is 0 Å². The molecule has 0 saturated carbocycles. The fraction of sp³-hybridized carbons (Fsp3) is 0.222. The molecule has 2 nitrogen and oxygen atoms in total. The number of pyridine rings is 1. The van der Waals surface area contributed by atoms with E-state index in [1.165, 1.54) is 11.8 Å². The van der Waals surface area contributed by atoms with Crippen LogP contribution >= 0.6 is 0 Å². The highest BCUT2D eigenvalue weighted by molar-refractivity contribution is 5.08. The Balaban J connectivity index is 2.33. The summed E-state index contributed by atoms with van der Waals surface area (Å²) in [5.74, 6) is 0. The summed E-state index contributed by atoms with van der Waals surface area (Å²) in [6.45, 7) is 4.13. The minimum atomic E-state index is 0.676. The molecule has 0 bridgehead atoms. The molecule has 2 heteroatoms. The molecule has 1 heterocycles. The molecule has 0 aliphatic rings. The van der Waals surface area contributed by atoms with Crippen LogP contribution in [0.2, 0.25) is 0 Å². The van der Waals surface area contributed by atoms with Gasteiger partial charge in [-0.05, 0) is 11.6 Å². The van der Waals surface area contributed by atoms with Gasteiger partial charge in [-0.15, -0.1) is 0 Å². The Morgan fingerprint density at radius 3 is 3.18 bits per heavy atom. The molecule has 0 aliphatic carbocycles. The summed E-state index contributed by atoms with van der Waals surface area (Å²) in [5, 5.41) is 0. The number of hydrogen-bond donors (Lipinski definition) is 0. The lowest BCUT2D eigenvalue weighted by Gasteiger charge is -1.98. The third-order valence-electron chi connectivity index (χ3n) is 1.35. The number of nitrogens with zero attached hydrogens (tertiary/aromatic N) is 1. The fourth-order valence-electron chi connectivity index (χ4n) is 0.806. The lowest BCUT2D eigenvalue weighted by Crippen LogP contribution is -1.93. The zero-order valence-corrected chi connectivity index (χ0v) is 6.36. The fourth-order valence-corrected chi connectivity index (χ4v) is 0.806. The molecular weight excluding hydrogens is 138 g/mol. The van der Waals surface area contributed by atoms with Crippen LogP contribution in [0, 0.1) is 0 Å². The van der Waals surface area contributed by atoms with Gasteiger partial charge < -0.3 is 4.74 Å². The molecular formula is C9H11NO. The van der Waals surface area contributed by atoms with Gasteiger partial charge in [-0.25, -0.2) is 0 Å². The van der Waals surface area contributed by atoms with E-state index in [-0.39, 0.29) is 0 Å². The van der Waals surface area contributed by atoms with Crippen LogP contribution in [0.15, 0.2) is 37.4 Å². The summed E-state index contributed by atoms with van der Waals surface area (Å²) in [6.07, 6.45) is 5.94. The van der Waals surface area contributed by atoms with Crippen LogP contribution in [-0.2, 0) is 11.2 Å². The predicted molar refractivity (Wildman–Crippen MR) is 44.1 cm³/mol. The third kappa shape index (κ3) is 2.85. The highest BCUT2D eigenvalue weighted by Crippen LogP contribution is 1.96. The normalized spacial score (nSPS) is 9.09. The second kappa shape index (κ2) is 4.50. The Labute approximate surface area is 66.5 Å². The summed E-state index contributed by atoms with van der Waals surface area (Å²) < 4.78 is 4.97. The minimum absolute atomic E-state index is 0.676. The first-order valence-electron chi connectivity index (χ1n) is 3.55.